The van der Waals surface area contributed by atoms with Gasteiger partial charge in [-0.2, -0.15) is 0 Å². The summed E-state index contributed by atoms with van der Waals surface area (Å²) in [6.07, 6.45) is 3.28. The fourth-order valence-electron chi connectivity index (χ4n) is 2.35. The quantitative estimate of drug-likeness (QED) is 0.189. The molecule has 0 saturated heterocycles. The van der Waals surface area contributed by atoms with Crippen molar-refractivity contribution in [1.29, 1.82) is 0 Å². The third-order valence-electron chi connectivity index (χ3n) is 5.08. The first-order chi connectivity index (χ1) is 12.9. The SMILES string of the molecule is C=CCCc1c(OCCCO[Si](C)(C)C(C)(C)C)cc(C(N)=O)cc1[N+](=O)[O-]. The Morgan fingerprint density at radius 2 is 1.96 bits per heavy atom. The lowest BCUT2D eigenvalue weighted by Crippen LogP contribution is -2.41. The zero-order valence-electron chi connectivity index (χ0n) is 17.5. The van der Waals surface area contributed by atoms with E-state index < -0.39 is 19.1 Å². The number of nitro benzene ring substituents is 1. The zero-order valence-corrected chi connectivity index (χ0v) is 18.5. The summed E-state index contributed by atoms with van der Waals surface area (Å²) < 4.78 is 11.9. The van der Waals surface area contributed by atoms with Gasteiger partial charge in [0.05, 0.1) is 17.1 Å². The van der Waals surface area contributed by atoms with Crippen LogP contribution in [0, 0.1) is 10.1 Å². The Hall–Kier alpha value is -2.19. The molecule has 0 atom stereocenters. The topological polar surface area (TPSA) is 105 Å². The predicted molar refractivity (Wildman–Crippen MR) is 113 cm³/mol. The molecule has 7 nitrogen and oxygen atoms in total. The highest BCUT2D eigenvalue weighted by Crippen LogP contribution is 2.36. The van der Waals surface area contributed by atoms with Crippen molar-refractivity contribution in [2.75, 3.05) is 13.2 Å². The molecule has 28 heavy (non-hydrogen) atoms. The van der Waals surface area contributed by atoms with E-state index in [-0.39, 0.29) is 16.3 Å². The van der Waals surface area contributed by atoms with E-state index in [9.17, 15) is 14.9 Å². The van der Waals surface area contributed by atoms with Crippen molar-refractivity contribution >= 4 is 19.9 Å². The number of allylic oxidation sites excluding steroid dienone is 1. The minimum Gasteiger partial charge on any atom is -0.493 e. The second-order valence-electron chi connectivity index (χ2n) is 8.23. The molecule has 0 aliphatic heterocycles. The van der Waals surface area contributed by atoms with E-state index in [1.54, 1.807) is 6.08 Å². The first kappa shape index (κ1) is 23.8. The number of primary amides is 1. The molecule has 0 aromatic heterocycles. The molecule has 0 aliphatic rings. The summed E-state index contributed by atoms with van der Waals surface area (Å²) in [6.45, 7) is 15.4. The third-order valence-corrected chi connectivity index (χ3v) is 9.62. The summed E-state index contributed by atoms with van der Waals surface area (Å²) in [4.78, 5) is 22.5. The Morgan fingerprint density at radius 3 is 2.46 bits per heavy atom. The summed E-state index contributed by atoms with van der Waals surface area (Å²) in [6, 6.07) is 2.68. The zero-order chi connectivity index (χ0) is 21.5. The average Bonchev–Trinajstić information content (AvgIpc) is 2.58. The number of hydrogen-bond donors (Lipinski definition) is 1. The Balaban J connectivity index is 2.91. The molecule has 2 N–H and O–H groups in total. The molecule has 0 aliphatic carbocycles. The molecule has 0 bridgehead atoms. The van der Waals surface area contributed by atoms with Crippen LogP contribution in [0.15, 0.2) is 24.8 Å². The van der Waals surface area contributed by atoms with E-state index in [1.165, 1.54) is 12.1 Å². The molecule has 0 spiro atoms. The maximum absolute atomic E-state index is 11.5. The lowest BCUT2D eigenvalue weighted by atomic mass is 10.0. The number of benzene rings is 1. The summed E-state index contributed by atoms with van der Waals surface area (Å²) >= 11 is 0. The Morgan fingerprint density at radius 1 is 1.32 bits per heavy atom. The standard InChI is InChI=1S/C20H32N2O5Si/c1-7-8-10-16-17(22(24)25)13-15(19(21)23)14-18(16)26-11-9-12-27-28(5,6)20(2,3)4/h7,13-14H,1,8-12H2,2-6H3,(H2,21,23). The van der Waals surface area contributed by atoms with Gasteiger partial charge in [0.2, 0.25) is 5.91 Å². The molecule has 0 unspecified atom stereocenters. The van der Waals surface area contributed by atoms with Gasteiger partial charge in [-0.3, -0.25) is 14.9 Å². The van der Waals surface area contributed by atoms with Crippen LogP contribution < -0.4 is 10.5 Å². The first-order valence-corrected chi connectivity index (χ1v) is 12.3. The van der Waals surface area contributed by atoms with E-state index in [4.69, 9.17) is 14.9 Å². The Kier molecular flexibility index (Phi) is 8.38. The molecular formula is C20H32N2O5Si. The number of amides is 1. The number of nitro groups is 1. The molecule has 1 aromatic carbocycles. The number of carbonyl (C=O) groups excluding carboxylic acids is 1. The molecule has 8 heteroatoms. The molecule has 0 fully saturated rings. The van der Waals surface area contributed by atoms with Crippen molar-refractivity contribution in [1.82, 2.24) is 0 Å². The molecule has 1 aromatic rings. The van der Waals surface area contributed by atoms with Crippen LogP contribution in [0.4, 0.5) is 5.69 Å². The summed E-state index contributed by atoms with van der Waals surface area (Å²) in [5.41, 5.74) is 5.66. The van der Waals surface area contributed by atoms with E-state index in [1.807, 2.05) is 0 Å². The molecule has 1 amide bonds. The van der Waals surface area contributed by atoms with Gasteiger partial charge in [-0.25, -0.2) is 0 Å². The monoisotopic (exact) mass is 408 g/mol. The minimum atomic E-state index is -1.83. The number of carbonyl (C=O) groups is 1. The van der Waals surface area contributed by atoms with E-state index in [2.05, 4.69) is 40.4 Å². The van der Waals surface area contributed by atoms with Gasteiger partial charge in [-0.05, 0) is 37.0 Å². The summed E-state index contributed by atoms with van der Waals surface area (Å²) in [5, 5.41) is 11.6. The van der Waals surface area contributed by atoms with Crippen molar-refractivity contribution in [3.05, 3.63) is 46.0 Å². The molecule has 1 rings (SSSR count). The average molecular weight is 409 g/mol. The van der Waals surface area contributed by atoms with Crippen molar-refractivity contribution in [2.45, 2.75) is 58.2 Å². The van der Waals surface area contributed by atoms with Crippen LogP contribution in [0.2, 0.25) is 18.1 Å². The van der Waals surface area contributed by atoms with E-state index >= 15 is 0 Å². The second kappa shape index (κ2) is 9.84. The number of nitrogens with zero attached hydrogens (tertiary/aromatic N) is 1. The molecule has 0 heterocycles. The maximum atomic E-state index is 11.5. The van der Waals surface area contributed by atoms with Crippen molar-refractivity contribution < 1.29 is 18.9 Å². The first-order valence-electron chi connectivity index (χ1n) is 9.39. The van der Waals surface area contributed by atoms with Crippen molar-refractivity contribution in [2.24, 2.45) is 5.73 Å². The molecular weight excluding hydrogens is 376 g/mol. The summed E-state index contributed by atoms with van der Waals surface area (Å²) in [7, 11) is -1.83. The fraction of sp³-hybridized carbons (Fsp3) is 0.550. The van der Waals surface area contributed by atoms with Gasteiger partial charge in [0.15, 0.2) is 8.32 Å². The Labute approximate surface area is 168 Å². The van der Waals surface area contributed by atoms with E-state index in [0.717, 1.165) is 0 Å². The van der Waals surface area contributed by atoms with Crippen LogP contribution in [0.1, 0.15) is 49.5 Å². The lowest BCUT2D eigenvalue weighted by Gasteiger charge is -2.36. The van der Waals surface area contributed by atoms with Gasteiger partial charge in [0.25, 0.3) is 5.69 Å². The number of rotatable bonds is 11. The molecule has 0 saturated carbocycles. The van der Waals surface area contributed by atoms with Crippen LogP contribution in [0.5, 0.6) is 5.75 Å². The second-order valence-corrected chi connectivity index (χ2v) is 13.0. The number of hydrogen-bond acceptors (Lipinski definition) is 5. The number of ether oxygens (including phenoxy) is 1. The van der Waals surface area contributed by atoms with Gasteiger partial charge in [-0.15, -0.1) is 6.58 Å². The molecule has 156 valence electrons. The Bertz CT molecular complexity index is 726. The van der Waals surface area contributed by atoms with Gasteiger partial charge in [0, 0.05) is 24.7 Å². The normalized spacial score (nSPS) is 11.9. The maximum Gasteiger partial charge on any atom is 0.277 e. The highest BCUT2D eigenvalue weighted by Gasteiger charge is 2.36. The minimum absolute atomic E-state index is 0.0570. The largest absolute Gasteiger partial charge is 0.493 e. The number of nitrogens with two attached hydrogens (primary N) is 1. The third kappa shape index (κ3) is 6.45. The van der Waals surface area contributed by atoms with Crippen LogP contribution in [-0.2, 0) is 10.8 Å². The van der Waals surface area contributed by atoms with Gasteiger partial charge in [0.1, 0.15) is 5.75 Å². The van der Waals surface area contributed by atoms with Crippen molar-refractivity contribution in [3.8, 4) is 5.75 Å². The molecule has 0 radical (unpaired) electrons. The van der Waals surface area contributed by atoms with Gasteiger partial charge in [-0.1, -0.05) is 26.8 Å². The highest BCUT2D eigenvalue weighted by molar-refractivity contribution is 6.74. The van der Waals surface area contributed by atoms with Crippen molar-refractivity contribution in [3.63, 3.8) is 0 Å². The highest BCUT2D eigenvalue weighted by atomic mass is 28.4. The van der Waals surface area contributed by atoms with Crippen LogP contribution in [0.3, 0.4) is 0 Å². The van der Waals surface area contributed by atoms with E-state index in [0.29, 0.717) is 43.8 Å². The predicted octanol–water partition coefficient (Wildman–Crippen LogP) is 4.60. The summed E-state index contributed by atoms with van der Waals surface area (Å²) in [5.74, 6) is -0.415. The lowest BCUT2D eigenvalue weighted by molar-refractivity contribution is -0.385. The van der Waals surface area contributed by atoms with Gasteiger partial charge < -0.3 is 14.9 Å². The van der Waals surface area contributed by atoms with Crippen LogP contribution >= 0.6 is 0 Å². The smallest absolute Gasteiger partial charge is 0.277 e. The fourth-order valence-corrected chi connectivity index (χ4v) is 3.43. The van der Waals surface area contributed by atoms with Gasteiger partial charge >= 0.3 is 0 Å². The van der Waals surface area contributed by atoms with Crippen LogP contribution in [0.25, 0.3) is 0 Å². The van der Waals surface area contributed by atoms with Crippen LogP contribution in [-0.4, -0.2) is 32.4 Å².